The maximum atomic E-state index is 13.5. The molecule has 0 heterocycles. The molecule has 5 heteroatoms. The molecule has 3 nitrogen and oxygen atoms in total. The lowest BCUT2D eigenvalue weighted by atomic mass is 10.2. The highest BCUT2D eigenvalue weighted by atomic mass is 79.9. The zero-order chi connectivity index (χ0) is 12.4. The van der Waals surface area contributed by atoms with E-state index in [9.17, 15) is 4.39 Å². The summed E-state index contributed by atoms with van der Waals surface area (Å²) in [5.74, 6) is -0.330. The van der Waals surface area contributed by atoms with Gasteiger partial charge in [0, 0.05) is 10.2 Å². The first-order chi connectivity index (χ1) is 8.06. The number of hydrogen-bond donors (Lipinski definition) is 3. The molecule has 5 N–H and O–H groups in total. The van der Waals surface area contributed by atoms with E-state index in [1.807, 2.05) is 0 Å². The molecule has 0 aliphatic rings. The van der Waals surface area contributed by atoms with Crippen LogP contribution in [-0.2, 0) is 0 Å². The van der Waals surface area contributed by atoms with Gasteiger partial charge in [-0.1, -0.05) is 15.9 Å². The SMILES string of the molecule is Nc1ccc(Nc2cc(Br)ccc2F)cc1N. The van der Waals surface area contributed by atoms with Crippen molar-refractivity contribution in [3.8, 4) is 0 Å². The Morgan fingerprint density at radius 2 is 1.76 bits per heavy atom. The number of anilines is 4. The molecule has 0 aliphatic carbocycles. The molecule has 2 aromatic carbocycles. The summed E-state index contributed by atoms with van der Waals surface area (Å²) in [5, 5.41) is 2.94. The molecule has 0 amide bonds. The lowest BCUT2D eigenvalue weighted by Gasteiger charge is -2.09. The lowest BCUT2D eigenvalue weighted by molar-refractivity contribution is 0.631. The van der Waals surface area contributed by atoms with Crippen LogP contribution in [0.2, 0.25) is 0 Å². The molecule has 17 heavy (non-hydrogen) atoms. The predicted molar refractivity (Wildman–Crippen MR) is 72.6 cm³/mol. The van der Waals surface area contributed by atoms with Gasteiger partial charge in [0.05, 0.1) is 17.1 Å². The van der Waals surface area contributed by atoms with Crippen LogP contribution >= 0.6 is 15.9 Å². The fourth-order valence-electron chi connectivity index (χ4n) is 1.40. The molecule has 0 saturated carbocycles. The van der Waals surface area contributed by atoms with E-state index in [0.29, 0.717) is 22.7 Å². The summed E-state index contributed by atoms with van der Waals surface area (Å²) in [6.07, 6.45) is 0. The third kappa shape index (κ3) is 2.68. The zero-order valence-electron chi connectivity index (χ0n) is 8.87. The molecule has 88 valence electrons. The minimum atomic E-state index is -0.330. The topological polar surface area (TPSA) is 64.1 Å². The number of rotatable bonds is 2. The van der Waals surface area contributed by atoms with Crippen molar-refractivity contribution in [3.05, 3.63) is 46.7 Å². The van der Waals surface area contributed by atoms with Crippen molar-refractivity contribution in [2.45, 2.75) is 0 Å². The number of nitrogens with two attached hydrogens (primary N) is 2. The summed E-state index contributed by atoms with van der Waals surface area (Å²) < 4.78 is 14.3. The van der Waals surface area contributed by atoms with Crippen molar-refractivity contribution < 1.29 is 4.39 Å². The predicted octanol–water partition coefficient (Wildman–Crippen LogP) is 3.50. The van der Waals surface area contributed by atoms with E-state index in [0.717, 1.165) is 4.47 Å². The van der Waals surface area contributed by atoms with Gasteiger partial charge in [0.1, 0.15) is 5.82 Å². The summed E-state index contributed by atoms with van der Waals surface area (Å²) in [7, 11) is 0. The van der Waals surface area contributed by atoms with Gasteiger partial charge < -0.3 is 16.8 Å². The fourth-order valence-corrected chi connectivity index (χ4v) is 1.76. The van der Waals surface area contributed by atoms with Crippen LogP contribution in [0.4, 0.5) is 27.1 Å². The molecular formula is C12H11BrFN3. The third-order valence-electron chi connectivity index (χ3n) is 2.29. The van der Waals surface area contributed by atoms with Crippen molar-refractivity contribution in [1.82, 2.24) is 0 Å². The Kier molecular flexibility index (Phi) is 3.19. The first-order valence-electron chi connectivity index (χ1n) is 4.93. The molecule has 0 saturated heterocycles. The number of nitrogens with one attached hydrogen (secondary N) is 1. The second kappa shape index (κ2) is 4.63. The summed E-state index contributed by atoms with van der Waals surface area (Å²) in [6.45, 7) is 0. The van der Waals surface area contributed by atoms with Gasteiger partial charge in [-0.15, -0.1) is 0 Å². The fraction of sp³-hybridized carbons (Fsp3) is 0. The number of halogens is 2. The standard InChI is InChI=1S/C12H11BrFN3/c13-7-1-3-9(14)12(5-7)17-8-2-4-10(15)11(16)6-8/h1-6,17H,15-16H2. The van der Waals surface area contributed by atoms with E-state index in [1.54, 1.807) is 30.3 Å². The largest absolute Gasteiger partial charge is 0.397 e. The van der Waals surface area contributed by atoms with Crippen LogP contribution < -0.4 is 16.8 Å². The summed E-state index contributed by atoms with van der Waals surface area (Å²) >= 11 is 3.28. The summed E-state index contributed by atoms with van der Waals surface area (Å²) in [4.78, 5) is 0. The molecule has 0 bridgehead atoms. The van der Waals surface area contributed by atoms with Gasteiger partial charge in [0.25, 0.3) is 0 Å². The van der Waals surface area contributed by atoms with Crippen molar-refractivity contribution in [3.63, 3.8) is 0 Å². The molecule has 0 spiro atoms. The van der Waals surface area contributed by atoms with Crippen molar-refractivity contribution in [1.29, 1.82) is 0 Å². The quantitative estimate of drug-likeness (QED) is 0.743. The molecular weight excluding hydrogens is 285 g/mol. The smallest absolute Gasteiger partial charge is 0.146 e. The van der Waals surface area contributed by atoms with Crippen LogP contribution in [0.25, 0.3) is 0 Å². The van der Waals surface area contributed by atoms with Gasteiger partial charge >= 0.3 is 0 Å². The van der Waals surface area contributed by atoms with Crippen LogP contribution in [0.5, 0.6) is 0 Å². The van der Waals surface area contributed by atoms with E-state index >= 15 is 0 Å². The molecule has 2 rings (SSSR count). The number of benzene rings is 2. The molecule has 0 fully saturated rings. The average molecular weight is 296 g/mol. The lowest BCUT2D eigenvalue weighted by Crippen LogP contribution is -1.98. The zero-order valence-corrected chi connectivity index (χ0v) is 10.5. The highest BCUT2D eigenvalue weighted by Gasteiger charge is 2.04. The Balaban J connectivity index is 2.31. The Morgan fingerprint density at radius 3 is 2.47 bits per heavy atom. The second-order valence-electron chi connectivity index (χ2n) is 3.59. The maximum absolute atomic E-state index is 13.5. The van der Waals surface area contributed by atoms with Gasteiger partial charge in [0.15, 0.2) is 0 Å². The van der Waals surface area contributed by atoms with Gasteiger partial charge in [-0.05, 0) is 36.4 Å². The Labute approximate surface area is 107 Å². The van der Waals surface area contributed by atoms with Crippen molar-refractivity contribution in [2.24, 2.45) is 0 Å². The van der Waals surface area contributed by atoms with Crippen molar-refractivity contribution >= 4 is 38.7 Å². The van der Waals surface area contributed by atoms with Gasteiger partial charge in [-0.2, -0.15) is 0 Å². The molecule has 0 aliphatic heterocycles. The molecule has 0 radical (unpaired) electrons. The van der Waals surface area contributed by atoms with Crippen LogP contribution in [-0.4, -0.2) is 0 Å². The minimum absolute atomic E-state index is 0.330. The van der Waals surface area contributed by atoms with Gasteiger partial charge in [0.2, 0.25) is 0 Å². The van der Waals surface area contributed by atoms with Crippen molar-refractivity contribution in [2.75, 3.05) is 16.8 Å². The van der Waals surface area contributed by atoms with Gasteiger partial charge in [-0.3, -0.25) is 0 Å². The van der Waals surface area contributed by atoms with E-state index in [4.69, 9.17) is 11.5 Å². The Bertz CT molecular complexity index is 557. The van der Waals surface area contributed by atoms with E-state index in [2.05, 4.69) is 21.2 Å². The molecule has 2 aromatic rings. The summed E-state index contributed by atoms with van der Waals surface area (Å²) in [6, 6.07) is 9.75. The first kappa shape index (κ1) is 11.7. The average Bonchev–Trinajstić information content (AvgIpc) is 2.29. The normalized spacial score (nSPS) is 10.2. The molecule has 0 atom stereocenters. The number of nitrogen functional groups attached to an aromatic ring is 2. The van der Waals surface area contributed by atoms with Gasteiger partial charge in [-0.25, -0.2) is 4.39 Å². The minimum Gasteiger partial charge on any atom is -0.397 e. The molecule has 0 aromatic heterocycles. The second-order valence-corrected chi connectivity index (χ2v) is 4.51. The monoisotopic (exact) mass is 295 g/mol. The Hall–Kier alpha value is -1.75. The highest BCUT2D eigenvalue weighted by molar-refractivity contribution is 9.10. The maximum Gasteiger partial charge on any atom is 0.146 e. The van der Waals surface area contributed by atoms with E-state index in [1.165, 1.54) is 6.07 Å². The molecule has 0 unspecified atom stereocenters. The number of hydrogen-bond acceptors (Lipinski definition) is 3. The Morgan fingerprint density at radius 1 is 1.00 bits per heavy atom. The van der Waals surface area contributed by atoms with Crippen LogP contribution in [0.3, 0.4) is 0 Å². The van der Waals surface area contributed by atoms with Crippen LogP contribution in [0, 0.1) is 5.82 Å². The van der Waals surface area contributed by atoms with E-state index < -0.39 is 0 Å². The third-order valence-corrected chi connectivity index (χ3v) is 2.79. The highest BCUT2D eigenvalue weighted by Crippen LogP contribution is 2.26. The first-order valence-corrected chi connectivity index (χ1v) is 5.72. The van der Waals surface area contributed by atoms with Crippen LogP contribution in [0.15, 0.2) is 40.9 Å². The summed E-state index contributed by atoms with van der Waals surface area (Å²) in [5.41, 5.74) is 13.3. The van der Waals surface area contributed by atoms with E-state index in [-0.39, 0.29) is 5.82 Å². The van der Waals surface area contributed by atoms with Crippen LogP contribution in [0.1, 0.15) is 0 Å².